The summed E-state index contributed by atoms with van der Waals surface area (Å²) in [4.78, 5) is 8.63. The molecular weight excluding hydrogens is 446 g/mol. The smallest absolute Gasteiger partial charge is 0.161 e. The molecule has 6 heteroatoms. The fourth-order valence-electron chi connectivity index (χ4n) is 3.87. The van der Waals surface area contributed by atoms with Gasteiger partial charge in [0.05, 0.1) is 5.70 Å². The second-order valence-corrected chi connectivity index (χ2v) is 8.58. The van der Waals surface area contributed by atoms with Crippen LogP contribution in [0.4, 0.5) is 5.69 Å². The number of anilines is 1. The van der Waals surface area contributed by atoms with Crippen LogP contribution in [0.5, 0.6) is 11.5 Å². The molecule has 0 aliphatic carbocycles. The number of fused-ring (bicyclic) bond motifs is 1. The minimum Gasteiger partial charge on any atom is -0.486 e. The van der Waals surface area contributed by atoms with Crippen LogP contribution in [0.1, 0.15) is 25.3 Å². The Balaban J connectivity index is 1.92. The van der Waals surface area contributed by atoms with Gasteiger partial charge in [0, 0.05) is 31.9 Å². The fraction of sp³-hybridized carbons (Fsp3) is 0.321. The van der Waals surface area contributed by atoms with Gasteiger partial charge in [-0.25, -0.2) is 0 Å². The Bertz CT molecular complexity index is 1020. The lowest BCUT2D eigenvalue weighted by molar-refractivity contribution is 0.171. The molecule has 0 unspecified atom stereocenters. The second kappa shape index (κ2) is 13.0. The van der Waals surface area contributed by atoms with E-state index in [1.807, 2.05) is 30.3 Å². The highest BCUT2D eigenvalue weighted by Crippen LogP contribution is 2.32. The Labute approximate surface area is 208 Å². The van der Waals surface area contributed by atoms with Crippen molar-refractivity contribution in [3.63, 3.8) is 0 Å². The van der Waals surface area contributed by atoms with Crippen LogP contribution in [0.15, 0.2) is 89.2 Å². The number of para-hydroxylation sites is 1. The molecule has 5 nitrogen and oxygen atoms in total. The molecule has 0 saturated heterocycles. The van der Waals surface area contributed by atoms with E-state index in [2.05, 4.69) is 59.8 Å². The van der Waals surface area contributed by atoms with E-state index in [-0.39, 0.29) is 0 Å². The van der Waals surface area contributed by atoms with Gasteiger partial charge in [0.25, 0.3) is 0 Å². The van der Waals surface area contributed by atoms with Crippen molar-refractivity contribution in [2.45, 2.75) is 26.3 Å². The SMILES string of the molecule is C=CC(=C)CN(C/C(=C(\Cl)N=C)N(CCCC)c1ccccc1)Cc1ccc2c(c1)OCCO2. The first-order valence-electron chi connectivity index (χ1n) is 11.6. The molecule has 0 saturated carbocycles. The van der Waals surface area contributed by atoms with Gasteiger partial charge in [-0.2, -0.15) is 0 Å². The summed E-state index contributed by atoms with van der Waals surface area (Å²) in [6, 6.07) is 16.4. The number of rotatable bonds is 13. The Hall–Kier alpha value is -3.02. The number of hydrogen-bond acceptors (Lipinski definition) is 5. The number of hydrogen-bond donors (Lipinski definition) is 0. The average molecular weight is 480 g/mol. The maximum absolute atomic E-state index is 6.67. The van der Waals surface area contributed by atoms with Crippen molar-refractivity contribution in [2.75, 3.05) is 37.7 Å². The van der Waals surface area contributed by atoms with Crippen molar-refractivity contribution < 1.29 is 9.47 Å². The largest absolute Gasteiger partial charge is 0.486 e. The van der Waals surface area contributed by atoms with E-state index in [1.165, 1.54) is 0 Å². The molecular formula is C28H34ClN3O2. The summed E-state index contributed by atoms with van der Waals surface area (Å²) in [5.74, 6) is 1.56. The van der Waals surface area contributed by atoms with Crippen LogP contribution in [0, 0.1) is 0 Å². The molecule has 180 valence electrons. The zero-order valence-corrected chi connectivity index (χ0v) is 20.8. The molecule has 1 aliphatic rings. The summed E-state index contributed by atoms with van der Waals surface area (Å²) < 4.78 is 11.5. The van der Waals surface area contributed by atoms with Gasteiger partial charge in [0.2, 0.25) is 0 Å². The van der Waals surface area contributed by atoms with Crippen LogP contribution in [-0.2, 0) is 6.54 Å². The minimum absolute atomic E-state index is 0.399. The van der Waals surface area contributed by atoms with Crippen molar-refractivity contribution in [3.05, 3.63) is 89.8 Å². The van der Waals surface area contributed by atoms with E-state index in [4.69, 9.17) is 21.1 Å². The molecule has 3 rings (SSSR count). The van der Waals surface area contributed by atoms with Gasteiger partial charge in [0.15, 0.2) is 11.5 Å². The highest BCUT2D eigenvalue weighted by Gasteiger charge is 2.20. The van der Waals surface area contributed by atoms with Crippen LogP contribution in [0.2, 0.25) is 0 Å². The zero-order valence-electron chi connectivity index (χ0n) is 20.0. The fourth-order valence-corrected chi connectivity index (χ4v) is 4.03. The molecule has 0 amide bonds. The Morgan fingerprint density at radius 1 is 1.09 bits per heavy atom. The Morgan fingerprint density at radius 2 is 1.82 bits per heavy atom. The summed E-state index contributed by atoms with van der Waals surface area (Å²) in [5.41, 5.74) is 4.03. The minimum atomic E-state index is 0.399. The van der Waals surface area contributed by atoms with E-state index < -0.39 is 0 Å². The van der Waals surface area contributed by atoms with E-state index in [0.29, 0.717) is 38.0 Å². The van der Waals surface area contributed by atoms with Crippen molar-refractivity contribution in [3.8, 4) is 11.5 Å². The van der Waals surface area contributed by atoms with Gasteiger partial charge in [-0.15, -0.1) is 0 Å². The number of unbranched alkanes of at least 4 members (excludes halogenated alkanes) is 1. The summed E-state index contributed by atoms with van der Waals surface area (Å²) in [7, 11) is 0. The predicted octanol–water partition coefficient (Wildman–Crippen LogP) is 6.42. The maximum Gasteiger partial charge on any atom is 0.161 e. The topological polar surface area (TPSA) is 37.3 Å². The standard InChI is InChI=1S/C28H34ClN3O2/c1-5-7-15-32(24-11-9-8-10-12-24)25(28(29)30-4)21-31(19-22(3)6-2)20-23-13-14-26-27(18-23)34-17-16-33-26/h6,8-14,18H,2-5,7,15-17,19-21H2,1H3/b28-25-. The van der Waals surface area contributed by atoms with Gasteiger partial charge in [-0.3, -0.25) is 9.89 Å². The van der Waals surface area contributed by atoms with Gasteiger partial charge in [0.1, 0.15) is 18.4 Å². The number of benzene rings is 2. The van der Waals surface area contributed by atoms with Gasteiger partial charge >= 0.3 is 0 Å². The number of ether oxygens (including phenoxy) is 2. The summed E-state index contributed by atoms with van der Waals surface area (Å²) >= 11 is 6.67. The molecule has 2 aromatic carbocycles. The van der Waals surface area contributed by atoms with Crippen molar-refractivity contribution in [2.24, 2.45) is 4.99 Å². The molecule has 0 bridgehead atoms. The lowest BCUT2D eigenvalue weighted by Gasteiger charge is -2.32. The Kier molecular flexibility index (Phi) is 9.80. The molecule has 1 aliphatic heterocycles. The quantitative estimate of drug-likeness (QED) is 0.189. The third-order valence-electron chi connectivity index (χ3n) is 5.61. The third-order valence-corrected chi connectivity index (χ3v) is 5.95. The first-order chi connectivity index (χ1) is 16.5. The predicted molar refractivity (Wildman–Crippen MR) is 143 cm³/mol. The van der Waals surface area contributed by atoms with Crippen LogP contribution < -0.4 is 14.4 Å². The second-order valence-electron chi connectivity index (χ2n) is 8.22. The molecule has 34 heavy (non-hydrogen) atoms. The highest BCUT2D eigenvalue weighted by molar-refractivity contribution is 6.30. The average Bonchev–Trinajstić information content (AvgIpc) is 2.88. The number of aliphatic imine (C=N–C) groups is 1. The molecule has 0 aromatic heterocycles. The first-order valence-corrected chi connectivity index (χ1v) is 12.0. The summed E-state index contributed by atoms with van der Waals surface area (Å²) in [5, 5.41) is 0.399. The summed E-state index contributed by atoms with van der Waals surface area (Å²) in [6.07, 6.45) is 3.89. The highest BCUT2D eigenvalue weighted by atomic mass is 35.5. The lowest BCUT2D eigenvalue weighted by Crippen LogP contribution is -2.35. The number of halogens is 1. The van der Waals surface area contributed by atoms with Crippen molar-refractivity contribution >= 4 is 24.0 Å². The van der Waals surface area contributed by atoms with Gasteiger partial charge in [-0.05, 0) is 48.5 Å². The van der Waals surface area contributed by atoms with Crippen LogP contribution in [0.25, 0.3) is 0 Å². The molecule has 2 aromatic rings. The summed E-state index contributed by atoms with van der Waals surface area (Å²) in [6.45, 7) is 17.8. The molecule has 0 atom stereocenters. The zero-order chi connectivity index (χ0) is 24.3. The van der Waals surface area contributed by atoms with E-state index in [1.54, 1.807) is 6.08 Å². The van der Waals surface area contributed by atoms with Crippen molar-refractivity contribution in [1.82, 2.24) is 4.90 Å². The maximum atomic E-state index is 6.67. The molecule has 0 spiro atoms. The lowest BCUT2D eigenvalue weighted by atomic mass is 10.1. The van der Waals surface area contributed by atoms with Crippen LogP contribution in [0.3, 0.4) is 0 Å². The van der Waals surface area contributed by atoms with E-state index in [0.717, 1.165) is 53.4 Å². The molecule has 0 fully saturated rings. The monoisotopic (exact) mass is 479 g/mol. The molecule has 0 N–H and O–H groups in total. The van der Waals surface area contributed by atoms with Gasteiger partial charge < -0.3 is 14.4 Å². The number of nitrogens with zero attached hydrogens (tertiary/aromatic N) is 3. The first kappa shape index (κ1) is 25.6. The normalized spacial score (nSPS) is 13.3. The van der Waals surface area contributed by atoms with E-state index >= 15 is 0 Å². The third kappa shape index (κ3) is 6.99. The van der Waals surface area contributed by atoms with Gasteiger partial charge in [-0.1, -0.05) is 68.4 Å². The molecule has 1 heterocycles. The Morgan fingerprint density at radius 3 is 2.50 bits per heavy atom. The van der Waals surface area contributed by atoms with Crippen LogP contribution >= 0.6 is 11.6 Å². The van der Waals surface area contributed by atoms with Crippen molar-refractivity contribution in [1.29, 1.82) is 0 Å². The van der Waals surface area contributed by atoms with E-state index in [9.17, 15) is 0 Å². The molecule has 0 radical (unpaired) electrons. The van der Waals surface area contributed by atoms with Crippen LogP contribution in [-0.4, -0.2) is 44.5 Å².